The number of carbonyl (C=O) groups is 2. The number of fused-ring (bicyclic) bond motifs is 1. The molecule has 0 saturated carbocycles. The van der Waals surface area contributed by atoms with Crippen molar-refractivity contribution < 1.29 is 23.8 Å². The summed E-state index contributed by atoms with van der Waals surface area (Å²) in [6.07, 6.45) is 0. The van der Waals surface area contributed by atoms with Gasteiger partial charge in [-0.1, -0.05) is 0 Å². The van der Waals surface area contributed by atoms with E-state index in [2.05, 4.69) is 27.9 Å². The van der Waals surface area contributed by atoms with Gasteiger partial charge >= 0.3 is 5.97 Å². The highest BCUT2D eigenvalue weighted by atomic mass is 127. The maximum absolute atomic E-state index is 12.4. The van der Waals surface area contributed by atoms with Gasteiger partial charge in [-0.3, -0.25) is 4.79 Å². The number of carbonyl (C=O) groups excluding carboxylic acids is 2. The lowest BCUT2D eigenvalue weighted by Gasteiger charge is -2.12. The molecular weight excluding hydrogens is 681 g/mol. The van der Waals surface area contributed by atoms with Crippen molar-refractivity contribution in [1.82, 2.24) is 0 Å². The number of esters is 1. The van der Waals surface area contributed by atoms with Crippen molar-refractivity contribution in [2.75, 3.05) is 24.5 Å². The van der Waals surface area contributed by atoms with Crippen molar-refractivity contribution in [2.45, 2.75) is 0 Å². The molecule has 0 atom stereocenters. The first-order valence-electron chi connectivity index (χ1n) is 7.16. The quantitative estimate of drug-likeness (QED) is 0.289. The molecular formula is C16H11I3N2O5. The van der Waals surface area contributed by atoms with Crippen LogP contribution < -0.4 is 20.5 Å². The van der Waals surface area contributed by atoms with Gasteiger partial charge in [0.2, 0.25) is 6.79 Å². The summed E-state index contributed by atoms with van der Waals surface area (Å²) in [6, 6.07) is 6.82. The standard InChI is InChI=1S/C16H11I3N2O5/c17-8-4-9(18)15(20)14(19)13(8)16(23)24-5-12(22)21-7-1-2-10-11(3-7)26-6-25-10/h1-4H,5-6,20H2,(H,21,22). The predicted octanol–water partition coefficient (Wildman–Crippen LogP) is 3.61. The Morgan fingerprint density at radius 3 is 2.62 bits per heavy atom. The van der Waals surface area contributed by atoms with E-state index in [0.717, 1.165) is 3.57 Å². The largest absolute Gasteiger partial charge is 0.454 e. The van der Waals surface area contributed by atoms with E-state index in [1.807, 2.05) is 45.2 Å². The zero-order valence-electron chi connectivity index (χ0n) is 13.0. The maximum Gasteiger partial charge on any atom is 0.340 e. The van der Waals surface area contributed by atoms with Crippen LogP contribution in [0.25, 0.3) is 0 Å². The molecule has 0 aromatic heterocycles. The minimum absolute atomic E-state index is 0.154. The molecule has 3 rings (SSSR count). The molecule has 0 radical (unpaired) electrons. The molecule has 0 saturated heterocycles. The van der Waals surface area contributed by atoms with E-state index in [1.165, 1.54) is 0 Å². The fourth-order valence-electron chi connectivity index (χ4n) is 2.17. The van der Waals surface area contributed by atoms with Crippen molar-refractivity contribution in [1.29, 1.82) is 0 Å². The SMILES string of the molecule is Nc1c(I)cc(I)c(C(=O)OCC(=O)Nc2ccc3c(c2)OCO3)c1I. The molecule has 26 heavy (non-hydrogen) atoms. The molecule has 1 aliphatic rings. The van der Waals surface area contributed by atoms with E-state index in [-0.39, 0.29) is 6.79 Å². The number of halogens is 3. The van der Waals surface area contributed by atoms with Gasteiger partial charge < -0.3 is 25.3 Å². The number of rotatable bonds is 4. The highest BCUT2D eigenvalue weighted by Gasteiger charge is 2.21. The maximum atomic E-state index is 12.4. The van der Waals surface area contributed by atoms with E-state index in [1.54, 1.807) is 24.3 Å². The monoisotopic (exact) mass is 692 g/mol. The van der Waals surface area contributed by atoms with Crippen LogP contribution in [0.1, 0.15) is 10.4 Å². The second-order valence-corrected chi connectivity index (χ2v) is 8.54. The Bertz CT molecular complexity index is 904. The molecule has 2 aromatic carbocycles. The third kappa shape index (κ3) is 4.27. The number of hydrogen-bond donors (Lipinski definition) is 2. The molecule has 1 aliphatic heterocycles. The highest BCUT2D eigenvalue weighted by Crippen LogP contribution is 2.34. The van der Waals surface area contributed by atoms with Crippen molar-refractivity contribution in [2.24, 2.45) is 0 Å². The van der Waals surface area contributed by atoms with Crippen LogP contribution >= 0.6 is 67.8 Å². The van der Waals surface area contributed by atoms with Gasteiger partial charge in [-0.15, -0.1) is 0 Å². The fraction of sp³-hybridized carbons (Fsp3) is 0.125. The summed E-state index contributed by atoms with van der Waals surface area (Å²) >= 11 is 6.15. The summed E-state index contributed by atoms with van der Waals surface area (Å²) in [7, 11) is 0. The molecule has 0 fully saturated rings. The summed E-state index contributed by atoms with van der Waals surface area (Å²) in [5.74, 6) is 0.122. The number of anilines is 2. The first-order valence-corrected chi connectivity index (χ1v) is 10.4. The Morgan fingerprint density at radius 1 is 1.12 bits per heavy atom. The van der Waals surface area contributed by atoms with Crippen LogP contribution in [0.5, 0.6) is 11.5 Å². The van der Waals surface area contributed by atoms with Gasteiger partial charge in [-0.25, -0.2) is 4.79 Å². The average molecular weight is 692 g/mol. The lowest BCUT2D eigenvalue weighted by Crippen LogP contribution is -2.22. The van der Waals surface area contributed by atoms with E-state index < -0.39 is 18.5 Å². The van der Waals surface area contributed by atoms with Crippen LogP contribution in [0.3, 0.4) is 0 Å². The summed E-state index contributed by atoms with van der Waals surface area (Å²) in [6.45, 7) is -0.258. The van der Waals surface area contributed by atoms with Crippen LogP contribution in [-0.2, 0) is 9.53 Å². The zero-order chi connectivity index (χ0) is 18.8. The number of nitrogens with two attached hydrogens (primary N) is 1. The first-order chi connectivity index (χ1) is 12.4. The number of benzene rings is 2. The summed E-state index contributed by atoms with van der Waals surface area (Å²) < 4.78 is 17.8. The van der Waals surface area contributed by atoms with Crippen molar-refractivity contribution in [3.05, 3.63) is 40.5 Å². The van der Waals surface area contributed by atoms with Gasteiger partial charge in [0.05, 0.1) is 14.8 Å². The van der Waals surface area contributed by atoms with Crippen LogP contribution in [0.4, 0.5) is 11.4 Å². The number of amides is 1. The van der Waals surface area contributed by atoms with E-state index >= 15 is 0 Å². The topological polar surface area (TPSA) is 99.9 Å². The molecule has 3 N–H and O–H groups in total. The third-order valence-electron chi connectivity index (χ3n) is 3.40. The minimum Gasteiger partial charge on any atom is -0.454 e. The first kappa shape index (κ1) is 19.7. The lowest BCUT2D eigenvalue weighted by molar-refractivity contribution is -0.119. The second kappa shape index (κ2) is 8.33. The molecule has 0 bridgehead atoms. The summed E-state index contributed by atoms with van der Waals surface area (Å²) in [4.78, 5) is 24.4. The molecule has 1 amide bonds. The van der Waals surface area contributed by atoms with E-state index in [4.69, 9.17) is 19.9 Å². The second-order valence-electron chi connectivity index (χ2n) is 5.14. The third-order valence-corrected chi connectivity index (χ3v) is 6.26. The zero-order valence-corrected chi connectivity index (χ0v) is 19.4. The van der Waals surface area contributed by atoms with Crippen LogP contribution in [0.2, 0.25) is 0 Å². The normalized spacial score (nSPS) is 12.0. The summed E-state index contributed by atoms with van der Waals surface area (Å²) in [5.41, 5.74) is 7.37. The highest BCUT2D eigenvalue weighted by molar-refractivity contribution is 14.1. The lowest BCUT2D eigenvalue weighted by atomic mass is 10.2. The minimum atomic E-state index is -0.595. The Kier molecular flexibility index (Phi) is 6.32. The Labute approximate surface area is 189 Å². The summed E-state index contributed by atoms with van der Waals surface area (Å²) in [5, 5.41) is 2.65. The van der Waals surface area contributed by atoms with Gasteiger partial charge in [-0.05, 0) is 86.0 Å². The van der Waals surface area contributed by atoms with Crippen molar-refractivity contribution >= 4 is 91.0 Å². The molecule has 7 nitrogen and oxygen atoms in total. The molecule has 136 valence electrons. The van der Waals surface area contributed by atoms with E-state index in [0.29, 0.717) is 35.6 Å². The van der Waals surface area contributed by atoms with Gasteiger partial charge in [0.15, 0.2) is 18.1 Å². The molecule has 10 heteroatoms. The molecule has 0 aliphatic carbocycles. The molecule has 1 heterocycles. The van der Waals surface area contributed by atoms with Crippen LogP contribution in [0, 0.1) is 10.7 Å². The molecule has 0 spiro atoms. The van der Waals surface area contributed by atoms with Gasteiger partial charge in [0.25, 0.3) is 5.91 Å². The average Bonchev–Trinajstić information content (AvgIpc) is 3.05. The number of nitrogen functional groups attached to an aromatic ring is 1. The van der Waals surface area contributed by atoms with Crippen molar-refractivity contribution in [3.63, 3.8) is 0 Å². The number of ether oxygens (including phenoxy) is 3. The van der Waals surface area contributed by atoms with Gasteiger partial charge in [0.1, 0.15) is 0 Å². The smallest absolute Gasteiger partial charge is 0.340 e. The fourth-order valence-corrected chi connectivity index (χ4v) is 5.98. The Balaban J connectivity index is 1.63. The predicted molar refractivity (Wildman–Crippen MR) is 120 cm³/mol. The van der Waals surface area contributed by atoms with Crippen LogP contribution in [0.15, 0.2) is 24.3 Å². The number of hydrogen-bond acceptors (Lipinski definition) is 6. The van der Waals surface area contributed by atoms with Gasteiger partial charge in [0, 0.05) is 18.9 Å². The molecule has 2 aromatic rings. The van der Waals surface area contributed by atoms with Crippen LogP contribution in [-0.4, -0.2) is 25.3 Å². The van der Waals surface area contributed by atoms with Crippen molar-refractivity contribution in [3.8, 4) is 11.5 Å². The molecule has 0 unspecified atom stereocenters. The number of nitrogens with one attached hydrogen (secondary N) is 1. The Morgan fingerprint density at radius 2 is 1.85 bits per heavy atom. The Hall–Kier alpha value is -1.03. The van der Waals surface area contributed by atoms with E-state index in [9.17, 15) is 9.59 Å². The van der Waals surface area contributed by atoms with Gasteiger partial charge in [-0.2, -0.15) is 0 Å².